The van der Waals surface area contributed by atoms with E-state index >= 15 is 0 Å². The summed E-state index contributed by atoms with van der Waals surface area (Å²) >= 11 is 6.16. The van der Waals surface area contributed by atoms with Crippen molar-refractivity contribution < 1.29 is 9.47 Å². The van der Waals surface area contributed by atoms with Crippen LogP contribution in [0.4, 0.5) is 23.1 Å². The third-order valence-electron chi connectivity index (χ3n) is 3.68. The van der Waals surface area contributed by atoms with E-state index in [-0.39, 0.29) is 0 Å². The van der Waals surface area contributed by atoms with Gasteiger partial charge in [-0.15, -0.1) is 0 Å². The van der Waals surface area contributed by atoms with Crippen LogP contribution in [0.1, 0.15) is 5.56 Å². The number of aryl methyl sites for hydroxylation is 1. The van der Waals surface area contributed by atoms with Crippen LogP contribution in [-0.4, -0.2) is 24.2 Å². The molecule has 0 aliphatic rings. The van der Waals surface area contributed by atoms with E-state index in [9.17, 15) is 0 Å². The summed E-state index contributed by atoms with van der Waals surface area (Å²) < 4.78 is 10.5. The number of methoxy groups -OCH3 is 2. The molecule has 1 heterocycles. The molecule has 0 amide bonds. The number of hydrogen-bond donors (Lipinski definition) is 2. The van der Waals surface area contributed by atoms with Gasteiger partial charge in [0.1, 0.15) is 17.3 Å². The normalized spacial score (nSPS) is 10.3. The van der Waals surface area contributed by atoms with Gasteiger partial charge in [0, 0.05) is 11.9 Å². The Hall–Kier alpha value is -2.99. The summed E-state index contributed by atoms with van der Waals surface area (Å²) in [5.41, 5.74) is 2.71. The van der Waals surface area contributed by atoms with Crippen LogP contribution < -0.4 is 20.1 Å². The van der Waals surface area contributed by atoms with E-state index in [0.29, 0.717) is 22.5 Å². The van der Waals surface area contributed by atoms with E-state index in [0.717, 1.165) is 22.7 Å². The number of aromatic nitrogens is 2. The van der Waals surface area contributed by atoms with Gasteiger partial charge in [-0.3, -0.25) is 0 Å². The van der Waals surface area contributed by atoms with Crippen molar-refractivity contribution in [2.24, 2.45) is 0 Å². The average molecular weight is 371 g/mol. The SMILES string of the molecule is COc1ccc(Nc2ccnc(Nc3cc(C)ccc3OC)n2)cc1Cl. The monoisotopic (exact) mass is 370 g/mol. The second-order valence-electron chi connectivity index (χ2n) is 5.57. The van der Waals surface area contributed by atoms with Gasteiger partial charge >= 0.3 is 0 Å². The summed E-state index contributed by atoms with van der Waals surface area (Å²) in [6.07, 6.45) is 1.67. The molecule has 3 rings (SSSR count). The largest absolute Gasteiger partial charge is 0.495 e. The first-order chi connectivity index (χ1) is 12.6. The summed E-state index contributed by atoms with van der Waals surface area (Å²) in [6.45, 7) is 2.01. The zero-order valence-corrected chi connectivity index (χ0v) is 15.5. The number of rotatable bonds is 6. The Labute approximate surface area is 157 Å². The van der Waals surface area contributed by atoms with E-state index in [2.05, 4.69) is 20.6 Å². The minimum absolute atomic E-state index is 0.457. The van der Waals surface area contributed by atoms with Gasteiger partial charge in [0.2, 0.25) is 5.95 Å². The lowest BCUT2D eigenvalue weighted by atomic mass is 10.2. The molecule has 2 N–H and O–H groups in total. The van der Waals surface area contributed by atoms with Crippen molar-refractivity contribution in [3.05, 3.63) is 59.2 Å². The van der Waals surface area contributed by atoms with Crippen molar-refractivity contribution in [3.63, 3.8) is 0 Å². The fraction of sp³-hybridized carbons (Fsp3) is 0.158. The minimum atomic E-state index is 0.457. The Morgan fingerprint density at radius 3 is 2.42 bits per heavy atom. The van der Waals surface area contributed by atoms with Gasteiger partial charge in [-0.05, 0) is 48.9 Å². The fourth-order valence-electron chi connectivity index (χ4n) is 2.42. The molecule has 6 nitrogen and oxygen atoms in total. The van der Waals surface area contributed by atoms with Crippen LogP contribution in [0.5, 0.6) is 11.5 Å². The van der Waals surface area contributed by atoms with E-state index in [1.54, 1.807) is 38.6 Å². The maximum absolute atomic E-state index is 6.16. The van der Waals surface area contributed by atoms with Crippen LogP contribution >= 0.6 is 11.6 Å². The van der Waals surface area contributed by atoms with Crippen molar-refractivity contribution in [1.82, 2.24) is 9.97 Å². The molecule has 0 unspecified atom stereocenters. The molecule has 134 valence electrons. The van der Waals surface area contributed by atoms with Crippen LogP contribution in [0.15, 0.2) is 48.7 Å². The van der Waals surface area contributed by atoms with Crippen molar-refractivity contribution in [3.8, 4) is 11.5 Å². The number of benzene rings is 2. The summed E-state index contributed by atoms with van der Waals surface area (Å²) in [6, 6.07) is 13.1. The Kier molecular flexibility index (Phi) is 5.43. The zero-order valence-electron chi connectivity index (χ0n) is 14.7. The molecule has 2 aromatic carbocycles. The van der Waals surface area contributed by atoms with Crippen LogP contribution in [0.25, 0.3) is 0 Å². The van der Waals surface area contributed by atoms with Crippen LogP contribution in [0, 0.1) is 6.92 Å². The first kappa shape index (κ1) is 17.8. The molecule has 0 saturated carbocycles. The van der Waals surface area contributed by atoms with Crippen LogP contribution in [-0.2, 0) is 0 Å². The Morgan fingerprint density at radius 1 is 0.923 bits per heavy atom. The second-order valence-corrected chi connectivity index (χ2v) is 5.98. The van der Waals surface area contributed by atoms with Crippen molar-refractivity contribution in [1.29, 1.82) is 0 Å². The number of halogens is 1. The predicted octanol–water partition coefficient (Wildman–Crippen LogP) is 4.94. The third kappa shape index (κ3) is 4.15. The Morgan fingerprint density at radius 2 is 1.69 bits per heavy atom. The molecular weight excluding hydrogens is 352 g/mol. The van der Waals surface area contributed by atoms with Gasteiger partial charge in [-0.2, -0.15) is 4.98 Å². The van der Waals surface area contributed by atoms with Crippen molar-refractivity contribution in [2.75, 3.05) is 24.9 Å². The summed E-state index contributed by atoms with van der Waals surface area (Å²) in [7, 11) is 3.21. The van der Waals surface area contributed by atoms with Crippen molar-refractivity contribution >= 4 is 34.7 Å². The van der Waals surface area contributed by atoms with Gasteiger partial charge in [-0.25, -0.2) is 4.98 Å². The molecule has 0 aliphatic heterocycles. The highest BCUT2D eigenvalue weighted by Gasteiger charge is 2.07. The topological polar surface area (TPSA) is 68.3 Å². The van der Waals surface area contributed by atoms with E-state index in [1.807, 2.05) is 31.2 Å². The number of nitrogens with one attached hydrogen (secondary N) is 2. The number of hydrogen-bond acceptors (Lipinski definition) is 6. The van der Waals surface area contributed by atoms with Crippen LogP contribution in [0.2, 0.25) is 5.02 Å². The maximum atomic E-state index is 6.16. The standard InChI is InChI=1S/C19H19ClN4O2/c1-12-4-6-17(26-3)15(10-12)23-19-21-9-8-18(24-19)22-13-5-7-16(25-2)14(20)11-13/h4-11H,1-3H3,(H2,21,22,23,24). The molecule has 0 fully saturated rings. The third-order valence-corrected chi connectivity index (χ3v) is 3.98. The maximum Gasteiger partial charge on any atom is 0.229 e. The van der Waals surface area contributed by atoms with Crippen molar-refractivity contribution in [2.45, 2.75) is 6.92 Å². The fourth-order valence-corrected chi connectivity index (χ4v) is 2.68. The predicted molar refractivity (Wildman–Crippen MR) is 104 cm³/mol. The molecule has 1 aromatic heterocycles. The highest BCUT2D eigenvalue weighted by molar-refractivity contribution is 6.32. The van der Waals surface area contributed by atoms with Gasteiger partial charge in [-0.1, -0.05) is 17.7 Å². The Bertz CT molecular complexity index is 918. The molecule has 0 bridgehead atoms. The molecular formula is C19H19ClN4O2. The smallest absolute Gasteiger partial charge is 0.229 e. The molecule has 0 saturated heterocycles. The number of ether oxygens (including phenoxy) is 2. The van der Waals surface area contributed by atoms with Gasteiger partial charge in [0.05, 0.1) is 24.9 Å². The average Bonchev–Trinajstić information content (AvgIpc) is 2.62. The molecule has 0 atom stereocenters. The number of nitrogens with zero attached hydrogens (tertiary/aromatic N) is 2. The summed E-state index contributed by atoms with van der Waals surface area (Å²) in [5.74, 6) is 2.43. The first-order valence-electron chi connectivity index (χ1n) is 7.94. The highest BCUT2D eigenvalue weighted by atomic mass is 35.5. The molecule has 0 aliphatic carbocycles. The lowest BCUT2D eigenvalue weighted by Crippen LogP contribution is -2.02. The first-order valence-corrected chi connectivity index (χ1v) is 8.32. The zero-order chi connectivity index (χ0) is 18.5. The number of anilines is 4. The summed E-state index contributed by atoms with van der Waals surface area (Å²) in [5, 5.41) is 6.91. The minimum Gasteiger partial charge on any atom is -0.495 e. The highest BCUT2D eigenvalue weighted by Crippen LogP contribution is 2.30. The van der Waals surface area contributed by atoms with E-state index < -0.39 is 0 Å². The molecule has 26 heavy (non-hydrogen) atoms. The lowest BCUT2D eigenvalue weighted by molar-refractivity contribution is 0.415. The summed E-state index contributed by atoms with van der Waals surface area (Å²) in [4.78, 5) is 8.74. The Balaban J connectivity index is 1.80. The van der Waals surface area contributed by atoms with Gasteiger partial charge < -0.3 is 20.1 Å². The lowest BCUT2D eigenvalue weighted by Gasteiger charge is -2.12. The quantitative estimate of drug-likeness (QED) is 0.640. The van der Waals surface area contributed by atoms with Gasteiger partial charge in [0.15, 0.2) is 0 Å². The molecule has 0 spiro atoms. The van der Waals surface area contributed by atoms with Crippen LogP contribution in [0.3, 0.4) is 0 Å². The molecule has 0 radical (unpaired) electrons. The van der Waals surface area contributed by atoms with E-state index in [4.69, 9.17) is 21.1 Å². The van der Waals surface area contributed by atoms with E-state index in [1.165, 1.54) is 0 Å². The molecule has 3 aromatic rings. The van der Waals surface area contributed by atoms with Gasteiger partial charge in [0.25, 0.3) is 0 Å². The second kappa shape index (κ2) is 7.93. The molecule has 7 heteroatoms.